The van der Waals surface area contributed by atoms with Gasteiger partial charge in [0.05, 0.1) is 0 Å². The summed E-state index contributed by atoms with van der Waals surface area (Å²) in [7, 11) is -2.00. The molecule has 106 valence electrons. The van der Waals surface area contributed by atoms with Crippen molar-refractivity contribution in [2.45, 2.75) is 24.8 Å². The van der Waals surface area contributed by atoms with E-state index in [1.165, 1.54) is 12.1 Å². The summed E-state index contributed by atoms with van der Waals surface area (Å²) < 4.78 is 40.3. The Morgan fingerprint density at radius 3 is 2.63 bits per heavy atom. The maximum absolute atomic E-state index is 13.8. The number of sulfonamides is 1. The van der Waals surface area contributed by atoms with E-state index < -0.39 is 15.8 Å². The van der Waals surface area contributed by atoms with Crippen LogP contribution in [0.4, 0.5) is 4.39 Å². The Bertz CT molecular complexity index is 560. The van der Waals surface area contributed by atoms with E-state index in [9.17, 15) is 12.8 Å². The molecule has 6 heteroatoms. The van der Waals surface area contributed by atoms with Crippen LogP contribution in [0.1, 0.15) is 18.9 Å². The molecule has 1 aromatic carbocycles. The van der Waals surface area contributed by atoms with Gasteiger partial charge in [-0.25, -0.2) is 17.5 Å². The molecule has 1 saturated carbocycles. The molecular weight excluding hydrogens is 267 g/mol. The summed E-state index contributed by atoms with van der Waals surface area (Å²) >= 11 is 0. The molecule has 0 bridgehead atoms. The summed E-state index contributed by atoms with van der Waals surface area (Å²) in [5.41, 5.74) is 0.717. The molecular formula is C13H19FN2O2S. The molecule has 0 spiro atoms. The third-order valence-electron chi connectivity index (χ3n) is 3.48. The fourth-order valence-corrected chi connectivity index (χ4v) is 3.21. The molecule has 1 aliphatic rings. The van der Waals surface area contributed by atoms with Gasteiger partial charge in [-0.3, -0.25) is 0 Å². The lowest BCUT2D eigenvalue weighted by molar-refractivity contribution is 0.551. The lowest BCUT2D eigenvalue weighted by atomic mass is 10.2. The fraction of sp³-hybridized carbons (Fsp3) is 0.538. The molecule has 19 heavy (non-hydrogen) atoms. The number of halogens is 1. The molecule has 2 atom stereocenters. The van der Waals surface area contributed by atoms with E-state index in [-0.39, 0.29) is 4.90 Å². The van der Waals surface area contributed by atoms with Crippen molar-refractivity contribution in [1.29, 1.82) is 0 Å². The number of benzene rings is 1. The summed E-state index contributed by atoms with van der Waals surface area (Å²) in [5, 5.41) is 2.89. The monoisotopic (exact) mass is 286 g/mol. The van der Waals surface area contributed by atoms with Crippen LogP contribution in [0.2, 0.25) is 0 Å². The standard InChI is InChI=1S/C13H19FN2O2S/c1-9-5-11(9)8-16-19(17,18)13-4-3-10(7-15-2)6-12(13)14/h3-4,6,9,11,15-16H,5,7-8H2,1-2H3. The van der Waals surface area contributed by atoms with Crippen molar-refractivity contribution in [2.24, 2.45) is 11.8 Å². The molecule has 2 N–H and O–H groups in total. The van der Waals surface area contributed by atoms with Crippen LogP contribution in [0.5, 0.6) is 0 Å². The fourth-order valence-electron chi connectivity index (χ4n) is 2.05. The average Bonchev–Trinajstić information content (AvgIpc) is 3.03. The highest BCUT2D eigenvalue weighted by atomic mass is 32.2. The average molecular weight is 286 g/mol. The second-order valence-electron chi connectivity index (χ2n) is 5.12. The zero-order chi connectivity index (χ0) is 14.0. The van der Waals surface area contributed by atoms with Crippen molar-refractivity contribution in [1.82, 2.24) is 10.0 Å². The first kappa shape index (κ1) is 14.4. The highest BCUT2D eigenvalue weighted by molar-refractivity contribution is 7.89. The highest BCUT2D eigenvalue weighted by Gasteiger charge is 2.33. The van der Waals surface area contributed by atoms with E-state index in [4.69, 9.17) is 0 Å². The van der Waals surface area contributed by atoms with Gasteiger partial charge < -0.3 is 5.32 Å². The second-order valence-corrected chi connectivity index (χ2v) is 6.86. The first-order chi connectivity index (χ1) is 8.94. The molecule has 2 unspecified atom stereocenters. The Balaban J connectivity index is 2.10. The first-order valence-electron chi connectivity index (χ1n) is 6.36. The van der Waals surface area contributed by atoms with Crippen LogP contribution in [0.3, 0.4) is 0 Å². The molecule has 1 aliphatic carbocycles. The van der Waals surface area contributed by atoms with Crippen LogP contribution in [-0.2, 0) is 16.6 Å². The topological polar surface area (TPSA) is 58.2 Å². The molecule has 0 amide bonds. The minimum Gasteiger partial charge on any atom is -0.316 e. The largest absolute Gasteiger partial charge is 0.316 e. The molecule has 0 aromatic heterocycles. The van der Waals surface area contributed by atoms with E-state index in [2.05, 4.69) is 17.0 Å². The maximum Gasteiger partial charge on any atom is 0.243 e. The summed E-state index contributed by atoms with van der Waals surface area (Å²) in [4.78, 5) is -0.277. The maximum atomic E-state index is 13.8. The number of hydrogen-bond donors (Lipinski definition) is 2. The van der Waals surface area contributed by atoms with Crippen LogP contribution in [0.15, 0.2) is 23.1 Å². The van der Waals surface area contributed by atoms with Crippen molar-refractivity contribution in [3.8, 4) is 0 Å². The second kappa shape index (κ2) is 5.56. The van der Waals surface area contributed by atoms with Gasteiger partial charge in [-0.2, -0.15) is 0 Å². The molecule has 4 nitrogen and oxygen atoms in total. The lowest BCUT2D eigenvalue weighted by Gasteiger charge is -2.08. The molecule has 1 aromatic rings. The summed E-state index contributed by atoms with van der Waals surface area (Å²) in [6.45, 7) is 2.97. The molecule has 0 heterocycles. The normalized spacial score (nSPS) is 22.5. The van der Waals surface area contributed by atoms with Crippen LogP contribution >= 0.6 is 0 Å². The van der Waals surface area contributed by atoms with Gasteiger partial charge in [0.1, 0.15) is 10.7 Å². The van der Waals surface area contributed by atoms with Crippen LogP contribution in [0, 0.1) is 17.7 Å². The number of hydrogen-bond acceptors (Lipinski definition) is 3. The van der Waals surface area contributed by atoms with Gasteiger partial charge in [0.2, 0.25) is 10.0 Å². The smallest absolute Gasteiger partial charge is 0.243 e. The van der Waals surface area contributed by atoms with Crippen molar-refractivity contribution in [3.05, 3.63) is 29.6 Å². The molecule has 0 saturated heterocycles. The van der Waals surface area contributed by atoms with Crippen molar-refractivity contribution < 1.29 is 12.8 Å². The molecule has 2 rings (SSSR count). The van der Waals surface area contributed by atoms with E-state index in [1.807, 2.05) is 0 Å². The van der Waals surface area contributed by atoms with Gasteiger partial charge in [0, 0.05) is 13.1 Å². The van der Waals surface area contributed by atoms with Gasteiger partial charge in [-0.15, -0.1) is 0 Å². The Morgan fingerprint density at radius 1 is 1.42 bits per heavy atom. The van der Waals surface area contributed by atoms with Crippen LogP contribution in [0.25, 0.3) is 0 Å². The number of nitrogens with one attached hydrogen (secondary N) is 2. The zero-order valence-electron chi connectivity index (χ0n) is 11.1. The number of rotatable bonds is 6. The van der Waals surface area contributed by atoms with E-state index in [1.54, 1.807) is 13.1 Å². The summed E-state index contributed by atoms with van der Waals surface area (Å²) in [6, 6.07) is 4.19. The van der Waals surface area contributed by atoms with Gasteiger partial charge in [0.25, 0.3) is 0 Å². The zero-order valence-corrected chi connectivity index (χ0v) is 11.9. The highest BCUT2D eigenvalue weighted by Crippen LogP contribution is 2.37. The predicted molar refractivity (Wildman–Crippen MR) is 71.6 cm³/mol. The van der Waals surface area contributed by atoms with Gasteiger partial charge >= 0.3 is 0 Å². The van der Waals surface area contributed by atoms with Crippen molar-refractivity contribution in [3.63, 3.8) is 0 Å². The van der Waals surface area contributed by atoms with E-state index in [0.717, 1.165) is 12.0 Å². The van der Waals surface area contributed by atoms with Crippen LogP contribution < -0.4 is 10.0 Å². The van der Waals surface area contributed by atoms with E-state index in [0.29, 0.717) is 24.9 Å². The van der Waals surface area contributed by atoms with Gasteiger partial charge in [-0.1, -0.05) is 13.0 Å². The first-order valence-corrected chi connectivity index (χ1v) is 7.85. The lowest BCUT2D eigenvalue weighted by Crippen LogP contribution is -2.27. The third kappa shape index (κ3) is 3.52. The SMILES string of the molecule is CNCc1ccc(S(=O)(=O)NCC2CC2C)c(F)c1. The van der Waals surface area contributed by atoms with Crippen molar-refractivity contribution in [2.75, 3.05) is 13.6 Å². The molecule has 0 aliphatic heterocycles. The molecule has 0 radical (unpaired) electrons. The van der Waals surface area contributed by atoms with Crippen molar-refractivity contribution >= 4 is 10.0 Å². The minimum atomic E-state index is -3.75. The molecule has 1 fully saturated rings. The van der Waals surface area contributed by atoms with E-state index >= 15 is 0 Å². The Kier molecular flexibility index (Phi) is 4.23. The summed E-state index contributed by atoms with van der Waals surface area (Å²) in [6.07, 6.45) is 1.03. The Hall–Kier alpha value is -0.980. The predicted octanol–water partition coefficient (Wildman–Crippen LogP) is 1.48. The van der Waals surface area contributed by atoms with Gasteiger partial charge in [0.15, 0.2) is 0 Å². The third-order valence-corrected chi connectivity index (χ3v) is 4.94. The minimum absolute atomic E-state index is 0.277. The van der Waals surface area contributed by atoms with Crippen LogP contribution in [-0.4, -0.2) is 22.0 Å². The quantitative estimate of drug-likeness (QED) is 0.833. The Labute approximate surface area is 113 Å². The summed E-state index contributed by atoms with van der Waals surface area (Å²) in [5.74, 6) is 0.246. The Morgan fingerprint density at radius 2 is 2.11 bits per heavy atom. The van der Waals surface area contributed by atoms with Gasteiger partial charge in [-0.05, 0) is 43.0 Å².